The number of nitrogens with zero attached hydrogens (tertiary/aromatic N) is 1. The molecule has 0 aromatic heterocycles. The minimum absolute atomic E-state index is 0.0562. The molecular formula is C10H17N3O5. The highest BCUT2D eigenvalue weighted by Crippen LogP contribution is 2.38. The number of ether oxygens (including phenoxy) is 2. The van der Waals surface area contributed by atoms with Crippen molar-refractivity contribution in [1.29, 1.82) is 0 Å². The first-order valence-electron chi connectivity index (χ1n) is 5.99. The molecule has 18 heavy (non-hydrogen) atoms. The van der Waals surface area contributed by atoms with Gasteiger partial charge in [-0.2, -0.15) is 0 Å². The predicted molar refractivity (Wildman–Crippen MR) is 58.5 cm³/mol. The molecule has 3 aliphatic heterocycles. The van der Waals surface area contributed by atoms with E-state index in [0.717, 1.165) is 0 Å². The number of nitrogens with one attached hydrogen (secondary N) is 1. The molecule has 0 aromatic carbocycles. The summed E-state index contributed by atoms with van der Waals surface area (Å²) in [6.07, 6.45) is -3.03. The van der Waals surface area contributed by atoms with Gasteiger partial charge in [0.25, 0.3) is 0 Å². The molecule has 3 aliphatic rings. The number of fused-ring (bicyclic) bond motifs is 2. The average Bonchev–Trinajstić information content (AvgIpc) is 2.95. The molecule has 8 nitrogen and oxygen atoms in total. The van der Waals surface area contributed by atoms with E-state index >= 15 is 0 Å². The van der Waals surface area contributed by atoms with Gasteiger partial charge in [0.05, 0.1) is 6.61 Å². The molecule has 102 valence electrons. The smallest absolute Gasteiger partial charge is 0.318 e. The SMILES string of the molecule is NC[C@@]12COC(O1)[C@@H](N1CCNC1=O)[C@@H](O)[C@H]2O. The topological polar surface area (TPSA) is 117 Å². The average molecular weight is 259 g/mol. The van der Waals surface area contributed by atoms with Gasteiger partial charge in [0, 0.05) is 19.6 Å². The van der Waals surface area contributed by atoms with Gasteiger partial charge in [-0.05, 0) is 0 Å². The van der Waals surface area contributed by atoms with E-state index in [1.54, 1.807) is 0 Å². The van der Waals surface area contributed by atoms with Crippen LogP contribution in [0.5, 0.6) is 0 Å². The van der Waals surface area contributed by atoms with Crippen molar-refractivity contribution in [2.45, 2.75) is 30.1 Å². The van der Waals surface area contributed by atoms with Crippen molar-refractivity contribution in [3.05, 3.63) is 0 Å². The van der Waals surface area contributed by atoms with E-state index < -0.39 is 30.1 Å². The predicted octanol–water partition coefficient (Wildman–Crippen LogP) is -2.81. The molecule has 2 amide bonds. The number of urea groups is 1. The normalized spacial score (nSPS) is 47.5. The van der Waals surface area contributed by atoms with Crippen LogP contribution in [0.3, 0.4) is 0 Å². The van der Waals surface area contributed by atoms with Crippen LogP contribution in [0, 0.1) is 0 Å². The van der Waals surface area contributed by atoms with Crippen LogP contribution < -0.4 is 11.1 Å². The van der Waals surface area contributed by atoms with E-state index in [1.807, 2.05) is 0 Å². The quantitative estimate of drug-likeness (QED) is 0.425. The molecule has 3 rings (SSSR count). The van der Waals surface area contributed by atoms with Crippen LogP contribution in [0.4, 0.5) is 4.79 Å². The van der Waals surface area contributed by atoms with Gasteiger partial charge < -0.3 is 35.6 Å². The van der Waals surface area contributed by atoms with E-state index in [2.05, 4.69) is 5.32 Å². The summed E-state index contributed by atoms with van der Waals surface area (Å²) in [5.41, 5.74) is 4.53. The van der Waals surface area contributed by atoms with Gasteiger partial charge in [0.15, 0.2) is 6.29 Å². The molecule has 0 saturated carbocycles. The fourth-order valence-corrected chi connectivity index (χ4v) is 2.83. The minimum atomic E-state index is -1.17. The zero-order valence-corrected chi connectivity index (χ0v) is 9.78. The first kappa shape index (κ1) is 12.1. The van der Waals surface area contributed by atoms with Gasteiger partial charge in [0.2, 0.25) is 0 Å². The highest BCUT2D eigenvalue weighted by molar-refractivity contribution is 5.76. The first-order chi connectivity index (χ1) is 8.59. The standard InChI is InChI=1S/C10H17N3O5/c11-3-10-4-17-8(18-10)5(6(14)7(10)15)13-2-1-12-9(13)16/h5-8,14-15H,1-4,11H2,(H,12,16)/t5-,6+,7+,8?,10-/m0/s1. The minimum Gasteiger partial charge on any atom is -0.388 e. The van der Waals surface area contributed by atoms with Crippen molar-refractivity contribution < 1.29 is 24.5 Å². The molecule has 3 fully saturated rings. The van der Waals surface area contributed by atoms with Crippen molar-refractivity contribution >= 4 is 6.03 Å². The van der Waals surface area contributed by atoms with Crippen molar-refractivity contribution in [2.75, 3.05) is 26.2 Å². The molecule has 2 bridgehead atoms. The molecule has 1 unspecified atom stereocenters. The van der Waals surface area contributed by atoms with Gasteiger partial charge in [0.1, 0.15) is 23.9 Å². The number of hydrogen-bond acceptors (Lipinski definition) is 6. The molecule has 0 radical (unpaired) electrons. The third-order valence-electron chi connectivity index (χ3n) is 3.93. The third kappa shape index (κ3) is 1.47. The lowest BCUT2D eigenvalue weighted by atomic mass is 9.87. The lowest BCUT2D eigenvalue weighted by Gasteiger charge is -2.44. The monoisotopic (exact) mass is 259 g/mol. The van der Waals surface area contributed by atoms with Crippen molar-refractivity contribution in [1.82, 2.24) is 10.2 Å². The van der Waals surface area contributed by atoms with E-state index in [0.29, 0.717) is 13.1 Å². The van der Waals surface area contributed by atoms with Crippen molar-refractivity contribution in [3.63, 3.8) is 0 Å². The maximum Gasteiger partial charge on any atom is 0.318 e. The zero-order valence-electron chi connectivity index (χ0n) is 9.78. The summed E-state index contributed by atoms with van der Waals surface area (Å²) in [7, 11) is 0. The fraction of sp³-hybridized carbons (Fsp3) is 0.900. The number of carbonyl (C=O) groups is 1. The number of hydrogen-bond donors (Lipinski definition) is 4. The summed E-state index contributed by atoms with van der Waals surface area (Å²) in [5.74, 6) is 0. The second-order valence-corrected chi connectivity index (χ2v) is 4.92. The van der Waals surface area contributed by atoms with Crippen LogP contribution in [0.25, 0.3) is 0 Å². The van der Waals surface area contributed by atoms with E-state index in [1.165, 1.54) is 4.90 Å². The summed E-state index contributed by atoms with van der Waals surface area (Å²) in [4.78, 5) is 13.1. The Bertz CT molecular complexity index is 367. The molecule has 5 N–H and O–H groups in total. The molecule has 0 aromatic rings. The van der Waals surface area contributed by atoms with Gasteiger partial charge in [-0.3, -0.25) is 0 Å². The lowest BCUT2D eigenvalue weighted by Crippen LogP contribution is -2.67. The largest absolute Gasteiger partial charge is 0.388 e. The number of amides is 2. The summed E-state index contributed by atoms with van der Waals surface area (Å²) in [6.45, 7) is 1.14. The van der Waals surface area contributed by atoms with Gasteiger partial charge >= 0.3 is 6.03 Å². The summed E-state index contributed by atoms with van der Waals surface area (Å²) in [5, 5.41) is 23.0. The Balaban J connectivity index is 1.87. The first-order valence-corrected chi connectivity index (χ1v) is 5.99. The number of carbonyl (C=O) groups excluding carboxylic acids is 1. The number of aliphatic hydroxyl groups is 2. The Kier molecular flexibility index (Phi) is 2.72. The zero-order chi connectivity index (χ0) is 12.9. The van der Waals surface area contributed by atoms with Crippen LogP contribution in [0.15, 0.2) is 0 Å². The maximum atomic E-state index is 11.6. The van der Waals surface area contributed by atoms with E-state index in [9.17, 15) is 15.0 Å². The molecule has 0 aliphatic carbocycles. The Morgan fingerprint density at radius 2 is 2.33 bits per heavy atom. The van der Waals surface area contributed by atoms with Crippen molar-refractivity contribution in [2.24, 2.45) is 5.73 Å². The van der Waals surface area contributed by atoms with Crippen molar-refractivity contribution in [3.8, 4) is 0 Å². The summed E-state index contributed by atoms with van der Waals surface area (Å²) in [6, 6.07) is -0.990. The number of rotatable bonds is 2. The molecule has 8 heteroatoms. The Morgan fingerprint density at radius 1 is 1.56 bits per heavy atom. The van der Waals surface area contributed by atoms with Crippen LogP contribution in [0.1, 0.15) is 0 Å². The summed E-state index contributed by atoms with van der Waals surface area (Å²) >= 11 is 0. The molecule has 3 saturated heterocycles. The van der Waals surface area contributed by atoms with Crippen LogP contribution in [0.2, 0.25) is 0 Å². The van der Waals surface area contributed by atoms with Gasteiger partial charge in [-0.25, -0.2) is 4.79 Å². The molecule has 5 atom stereocenters. The van der Waals surface area contributed by atoms with Crippen LogP contribution in [-0.2, 0) is 9.47 Å². The Labute approximate surface area is 104 Å². The van der Waals surface area contributed by atoms with E-state index in [-0.39, 0.29) is 19.2 Å². The van der Waals surface area contributed by atoms with Gasteiger partial charge in [-0.15, -0.1) is 0 Å². The highest BCUT2D eigenvalue weighted by atomic mass is 16.7. The molecular weight excluding hydrogens is 242 g/mol. The Morgan fingerprint density at radius 3 is 2.94 bits per heavy atom. The number of nitrogens with two attached hydrogens (primary N) is 1. The fourth-order valence-electron chi connectivity index (χ4n) is 2.83. The summed E-state index contributed by atoms with van der Waals surface area (Å²) < 4.78 is 11.1. The van der Waals surface area contributed by atoms with Crippen LogP contribution in [-0.4, -0.2) is 77.5 Å². The van der Waals surface area contributed by atoms with Crippen LogP contribution >= 0.6 is 0 Å². The second kappa shape index (κ2) is 4.04. The van der Waals surface area contributed by atoms with Gasteiger partial charge in [-0.1, -0.05) is 0 Å². The van der Waals surface area contributed by atoms with E-state index in [4.69, 9.17) is 15.2 Å². The molecule has 3 heterocycles. The Hall–Kier alpha value is -0.930. The third-order valence-corrected chi connectivity index (χ3v) is 3.93. The maximum absolute atomic E-state index is 11.6. The second-order valence-electron chi connectivity index (χ2n) is 4.92. The number of aliphatic hydroxyl groups excluding tert-OH is 2. The highest BCUT2D eigenvalue weighted by Gasteiger charge is 2.60. The lowest BCUT2D eigenvalue weighted by molar-refractivity contribution is -0.234. The molecule has 0 spiro atoms.